The standard InChI is InChI=1S/C16H19FN4O2/c1-20-9-12(19-11-20)5-6-18-16(22)21-7-8-23-15-4-2-3-14(17)13(15)10-21/h2-4,9,11H,5-8,10H2,1H3,(H,18,22). The quantitative estimate of drug-likeness (QED) is 0.937. The highest BCUT2D eigenvalue weighted by atomic mass is 19.1. The van der Waals surface area contributed by atoms with Gasteiger partial charge in [-0.05, 0) is 12.1 Å². The predicted molar refractivity (Wildman–Crippen MR) is 82.6 cm³/mol. The highest BCUT2D eigenvalue weighted by Crippen LogP contribution is 2.25. The molecule has 23 heavy (non-hydrogen) atoms. The lowest BCUT2D eigenvalue weighted by atomic mass is 10.2. The third-order valence-corrected chi connectivity index (χ3v) is 3.75. The molecule has 0 radical (unpaired) electrons. The maximum atomic E-state index is 13.9. The van der Waals surface area contributed by atoms with E-state index in [1.54, 1.807) is 23.4 Å². The Balaban J connectivity index is 1.58. The van der Waals surface area contributed by atoms with E-state index in [1.165, 1.54) is 6.07 Å². The van der Waals surface area contributed by atoms with Crippen molar-refractivity contribution in [1.29, 1.82) is 0 Å². The van der Waals surface area contributed by atoms with Crippen molar-refractivity contribution in [1.82, 2.24) is 19.8 Å². The number of nitrogens with zero attached hydrogens (tertiary/aromatic N) is 3. The van der Waals surface area contributed by atoms with E-state index >= 15 is 0 Å². The Kier molecular flexibility index (Phi) is 4.45. The van der Waals surface area contributed by atoms with Crippen LogP contribution in [-0.2, 0) is 20.0 Å². The molecule has 2 aromatic rings. The van der Waals surface area contributed by atoms with Gasteiger partial charge in [0.05, 0.1) is 25.1 Å². The highest BCUT2D eigenvalue weighted by Gasteiger charge is 2.21. The van der Waals surface area contributed by atoms with Crippen molar-refractivity contribution in [2.45, 2.75) is 13.0 Å². The van der Waals surface area contributed by atoms with Crippen LogP contribution in [0.1, 0.15) is 11.3 Å². The first-order valence-corrected chi connectivity index (χ1v) is 7.53. The molecular weight excluding hydrogens is 299 g/mol. The number of amides is 2. The minimum atomic E-state index is -0.351. The number of hydrogen-bond acceptors (Lipinski definition) is 3. The number of urea groups is 1. The third-order valence-electron chi connectivity index (χ3n) is 3.75. The number of aromatic nitrogens is 2. The second-order valence-corrected chi connectivity index (χ2v) is 5.50. The molecule has 3 rings (SSSR count). The van der Waals surface area contributed by atoms with Crippen LogP contribution in [0.4, 0.5) is 9.18 Å². The Hall–Kier alpha value is -2.57. The average Bonchev–Trinajstić information content (AvgIpc) is 2.82. The highest BCUT2D eigenvalue weighted by molar-refractivity contribution is 5.74. The Morgan fingerprint density at radius 1 is 1.48 bits per heavy atom. The topological polar surface area (TPSA) is 59.4 Å². The van der Waals surface area contributed by atoms with Gasteiger partial charge >= 0.3 is 6.03 Å². The van der Waals surface area contributed by atoms with E-state index in [-0.39, 0.29) is 18.4 Å². The first kappa shape index (κ1) is 15.3. The molecule has 2 amide bonds. The van der Waals surface area contributed by atoms with Gasteiger partial charge in [0, 0.05) is 31.8 Å². The van der Waals surface area contributed by atoms with Crippen molar-refractivity contribution in [3.8, 4) is 5.75 Å². The first-order valence-electron chi connectivity index (χ1n) is 7.53. The van der Waals surface area contributed by atoms with Gasteiger partial charge in [0.2, 0.25) is 0 Å². The van der Waals surface area contributed by atoms with E-state index in [4.69, 9.17) is 4.74 Å². The minimum Gasteiger partial charge on any atom is -0.491 e. The number of rotatable bonds is 3. The molecule has 1 aromatic carbocycles. The van der Waals surface area contributed by atoms with Gasteiger partial charge in [-0.15, -0.1) is 0 Å². The number of ether oxygens (including phenoxy) is 1. The summed E-state index contributed by atoms with van der Waals surface area (Å²) in [4.78, 5) is 18.1. The fraction of sp³-hybridized carbons (Fsp3) is 0.375. The second kappa shape index (κ2) is 6.68. The molecule has 2 heterocycles. The molecule has 1 aromatic heterocycles. The molecule has 0 saturated carbocycles. The SMILES string of the molecule is Cn1cnc(CCNC(=O)N2CCOc3cccc(F)c3C2)c1. The monoisotopic (exact) mass is 318 g/mol. The summed E-state index contributed by atoms with van der Waals surface area (Å²) in [6, 6.07) is 4.49. The van der Waals surface area contributed by atoms with E-state index < -0.39 is 0 Å². The van der Waals surface area contributed by atoms with Gasteiger partial charge in [-0.25, -0.2) is 14.2 Å². The zero-order valence-corrected chi connectivity index (χ0v) is 13.0. The van der Waals surface area contributed by atoms with Crippen molar-refractivity contribution in [3.63, 3.8) is 0 Å². The number of carbonyl (C=O) groups is 1. The molecular formula is C16H19FN4O2. The number of hydrogen-bond donors (Lipinski definition) is 1. The molecule has 1 aliphatic heterocycles. The van der Waals surface area contributed by atoms with Gasteiger partial charge in [0.15, 0.2) is 0 Å². The zero-order chi connectivity index (χ0) is 16.2. The maximum Gasteiger partial charge on any atom is 0.317 e. The smallest absolute Gasteiger partial charge is 0.317 e. The summed E-state index contributed by atoms with van der Waals surface area (Å²) < 4.78 is 21.3. The van der Waals surface area contributed by atoms with Crippen LogP contribution < -0.4 is 10.1 Å². The van der Waals surface area contributed by atoms with Crippen molar-refractivity contribution in [3.05, 3.63) is 47.8 Å². The minimum absolute atomic E-state index is 0.206. The van der Waals surface area contributed by atoms with E-state index in [2.05, 4.69) is 10.3 Å². The van der Waals surface area contributed by atoms with Crippen molar-refractivity contribution in [2.24, 2.45) is 7.05 Å². The van der Waals surface area contributed by atoms with Crippen LogP contribution in [0.15, 0.2) is 30.7 Å². The predicted octanol–water partition coefficient (Wildman–Crippen LogP) is 1.71. The molecule has 0 aliphatic carbocycles. The van der Waals surface area contributed by atoms with Crippen LogP contribution in [0.5, 0.6) is 5.75 Å². The fourth-order valence-corrected chi connectivity index (χ4v) is 2.54. The zero-order valence-electron chi connectivity index (χ0n) is 13.0. The Bertz CT molecular complexity index is 701. The number of halogens is 1. The summed E-state index contributed by atoms with van der Waals surface area (Å²) in [5, 5.41) is 2.85. The molecule has 7 heteroatoms. The van der Waals surface area contributed by atoms with Gasteiger partial charge in [-0.2, -0.15) is 0 Å². The van der Waals surface area contributed by atoms with Gasteiger partial charge in [0.1, 0.15) is 18.2 Å². The van der Waals surface area contributed by atoms with Gasteiger partial charge in [0.25, 0.3) is 0 Å². The molecule has 0 atom stereocenters. The van der Waals surface area contributed by atoms with E-state index in [0.717, 1.165) is 5.69 Å². The lowest BCUT2D eigenvalue weighted by molar-refractivity contribution is 0.187. The molecule has 1 N–H and O–H groups in total. The van der Waals surface area contributed by atoms with E-state index in [9.17, 15) is 9.18 Å². The maximum absolute atomic E-state index is 13.9. The van der Waals surface area contributed by atoms with Crippen molar-refractivity contribution >= 4 is 6.03 Å². The molecule has 0 unspecified atom stereocenters. The number of fused-ring (bicyclic) bond motifs is 1. The van der Waals surface area contributed by atoms with Crippen LogP contribution in [-0.4, -0.2) is 40.2 Å². The molecule has 0 fully saturated rings. The Labute approximate surface area is 133 Å². The molecule has 1 aliphatic rings. The van der Waals surface area contributed by atoms with Crippen LogP contribution in [0, 0.1) is 5.82 Å². The van der Waals surface area contributed by atoms with Crippen LogP contribution in [0.3, 0.4) is 0 Å². The van der Waals surface area contributed by atoms with Gasteiger partial charge < -0.3 is 19.5 Å². The Morgan fingerprint density at radius 3 is 3.13 bits per heavy atom. The first-order chi connectivity index (χ1) is 11.1. The van der Waals surface area contributed by atoms with Gasteiger partial charge in [-0.1, -0.05) is 6.07 Å². The number of nitrogens with one attached hydrogen (secondary N) is 1. The average molecular weight is 318 g/mol. The fourth-order valence-electron chi connectivity index (χ4n) is 2.54. The van der Waals surface area contributed by atoms with Gasteiger partial charge in [-0.3, -0.25) is 0 Å². The number of imidazole rings is 1. The van der Waals surface area contributed by atoms with Crippen LogP contribution >= 0.6 is 0 Å². The summed E-state index contributed by atoms with van der Waals surface area (Å²) in [6.45, 7) is 1.46. The van der Waals surface area contributed by atoms with Crippen molar-refractivity contribution in [2.75, 3.05) is 19.7 Å². The lowest BCUT2D eigenvalue weighted by Crippen LogP contribution is -2.41. The summed E-state index contributed by atoms with van der Waals surface area (Å²) in [6.07, 6.45) is 4.29. The van der Waals surface area contributed by atoms with Crippen molar-refractivity contribution < 1.29 is 13.9 Å². The second-order valence-electron chi connectivity index (χ2n) is 5.50. The molecule has 0 saturated heterocycles. The molecule has 0 bridgehead atoms. The largest absolute Gasteiger partial charge is 0.491 e. The van der Waals surface area contributed by atoms with E-state index in [1.807, 2.05) is 17.8 Å². The molecule has 122 valence electrons. The van der Waals surface area contributed by atoms with Crippen LogP contribution in [0.2, 0.25) is 0 Å². The van der Waals surface area contributed by atoms with E-state index in [0.29, 0.717) is 37.4 Å². The molecule has 6 nitrogen and oxygen atoms in total. The molecule has 0 spiro atoms. The normalized spacial score (nSPS) is 13.9. The number of carbonyl (C=O) groups excluding carboxylic acids is 1. The number of benzene rings is 1. The van der Waals surface area contributed by atoms with Crippen LogP contribution in [0.25, 0.3) is 0 Å². The summed E-state index contributed by atoms with van der Waals surface area (Å²) >= 11 is 0. The summed E-state index contributed by atoms with van der Waals surface area (Å²) in [5.41, 5.74) is 1.34. The third kappa shape index (κ3) is 3.61. The lowest BCUT2D eigenvalue weighted by Gasteiger charge is -2.20. The summed E-state index contributed by atoms with van der Waals surface area (Å²) in [7, 11) is 1.90. The number of aryl methyl sites for hydroxylation is 1. The summed E-state index contributed by atoms with van der Waals surface area (Å²) in [5.74, 6) is 0.157. The Morgan fingerprint density at radius 2 is 2.35 bits per heavy atom.